The Kier molecular flexibility index (Phi) is 4.25. The highest BCUT2D eigenvalue weighted by atomic mass is 32.2. The number of rotatable bonds is 5. The fraction of sp³-hybridized carbons (Fsp3) is 0.562. The minimum absolute atomic E-state index is 0.0276. The minimum atomic E-state index is -2.90. The van der Waals surface area contributed by atoms with E-state index >= 15 is 0 Å². The maximum Gasteiger partial charge on any atom is 0.199 e. The zero-order chi connectivity index (χ0) is 17.6. The summed E-state index contributed by atoms with van der Waals surface area (Å²) in [5.74, 6) is 1.33. The van der Waals surface area contributed by atoms with Gasteiger partial charge in [0.2, 0.25) is 0 Å². The smallest absolute Gasteiger partial charge is 0.199 e. The fourth-order valence-electron chi connectivity index (χ4n) is 3.32. The first-order valence-corrected chi connectivity index (χ1v) is 10.7. The Balaban J connectivity index is 1.63. The summed E-state index contributed by atoms with van der Waals surface area (Å²) in [6.07, 6.45) is 6.44. The molecule has 2 aromatic heterocycles. The van der Waals surface area contributed by atoms with Crippen LogP contribution in [0.4, 0.5) is 0 Å². The first-order valence-electron chi connectivity index (χ1n) is 8.45. The Hall–Kier alpha value is -1.58. The zero-order valence-electron chi connectivity index (χ0n) is 14.1. The summed E-state index contributed by atoms with van der Waals surface area (Å²) >= 11 is 5.67. The average Bonchev–Trinajstić information content (AvgIpc) is 3.28. The molecule has 3 heterocycles. The summed E-state index contributed by atoms with van der Waals surface area (Å²) in [6.45, 7) is 0.492. The van der Waals surface area contributed by atoms with Crippen molar-refractivity contribution in [3.8, 4) is 11.4 Å². The average molecular weight is 380 g/mol. The van der Waals surface area contributed by atoms with Gasteiger partial charge >= 0.3 is 0 Å². The van der Waals surface area contributed by atoms with Crippen LogP contribution in [0, 0.1) is 4.77 Å². The molecule has 0 bridgehead atoms. The van der Waals surface area contributed by atoms with Gasteiger partial charge in [-0.1, -0.05) is 0 Å². The van der Waals surface area contributed by atoms with E-state index in [1.54, 1.807) is 17.1 Å². The molecule has 2 aromatic rings. The van der Waals surface area contributed by atoms with E-state index in [4.69, 9.17) is 17.3 Å². The Morgan fingerprint density at radius 1 is 1.36 bits per heavy atom. The maximum absolute atomic E-state index is 11.7. The van der Waals surface area contributed by atoms with Crippen molar-refractivity contribution < 1.29 is 8.42 Å². The lowest BCUT2D eigenvalue weighted by molar-refractivity contribution is 0.196. The number of sulfone groups is 1. The molecule has 7 nitrogen and oxygen atoms in total. The zero-order valence-corrected chi connectivity index (χ0v) is 15.7. The number of aromatic nitrogens is 4. The van der Waals surface area contributed by atoms with Crippen LogP contribution in [0.3, 0.4) is 0 Å². The Morgan fingerprint density at radius 3 is 2.76 bits per heavy atom. The quantitative estimate of drug-likeness (QED) is 0.739. The predicted molar refractivity (Wildman–Crippen MR) is 97.4 cm³/mol. The van der Waals surface area contributed by atoms with Gasteiger partial charge in [-0.15, -0.1) is 0 Å². The van der Waals surface area contributed by atoms with Gasteiger partial charge in [0, 0.05) is 30.0 Å². The van der Waals surface area contributed by atoms with E-state index < -0.39 is 9.84 Å². The van der Waals surface area contributed by atoms with Crippen molar-refractivity contribution in [2.75, 3.05) is 18.6 Å². The van der Waals surface area contributed by atoms with Crippen molar-refractivity contribution in [3.05, 3.63) is 29.3 Å². The number of pyridine rings is 1. The summed E-state index contributed by atoms with van der Waals surface area (Å²) in [4.78, 5) is 6.23. The van der Waals surface area contributed by atoms with Crippen molar-refractivity contribution in [2.24, 2.45) is 0 Å². The van der Waals surface area contributed by atoms with E-state index in [2.05, 4.69) is 9.55 Å². The van der Waals surface area contributed by atoms with Crippen molar-refractivity contribution in [2.45, 2.75) is 38.0 Å². The van der Waals surface area contributed by atoms with E-state index in [-0.39, 0.29) is 17.5 Å². The van der Waals surface area contributed by atoms with Gasteiger partial charge < -0.3 is 0 Å². The van der Waals surface area contributed by atoms with E-state index in [0.29, 0.717) is 23.9 Å². The molecule has 134 valence electrons. The van der Waals surface area contributed by atoms with Gasteiger partial charge in [-0.05, 0) is 50.7 Å². The molecule has 2 aliphatic rings. The van der Waals surface area contributed by atoms with Crippen LogP contribution in [0.2, 0.25) is 0 Å². The largest absolute Gasteiger partial charge is 0.297 e. The molecule has 2 fully saturated rings. The molecular formula is C16H21N5O2S2. The van der Waals surface area contributed by atoms with E-state index in [1.165, 1.54) is 0 Å². The third kappa shape index (κ3) is 3.40. The molecular weight excluding hydrogens is 358 g/mol. The molecule has 1 saturated heterocycles. The lowest BCUT2D eigenvalue weighted by Gasteiger charge is -2.22. The van der Waals surface area contributed by atoms with Gasteiger partial charge in [-0.3, -0.25) is 14.5 Å². The van der Waals surface area contributed by atoms with Gasteiger partial charge in [-0.25, -0.2) is 13.1 Å². The van der Waals surface area contributed by atoms with Gasteiger partial charge in [0.1, 0.15) is 0 Å². The molecule has 0 radical (unpaired) electrons. The standard InChI is InChI=1S/C16H21N5O2S2/c1-19(14-6-8-25(22,23)10-14)11-20-16(24)21(13-4-5-13)15(18-20)12-3-2-7-17-9-12/h2-3,7,9,13-14H,4-6,8,10-11H2,1H3. The van der Waals surface area contributed by atoms with Crippen LogP contribution >= 0.6 is 12.2 Å². The number of hydrogen-bond donors (Lipinski definition) is 0. The van der Waals surface area contributed by atoms with Gasteiger partial charge in [0.05, 0.1) is 18.2 Å². The van der Waals surface area contributed by atoms with Crippen LogP contribution in [0.15, 0.2) is 24.5 Å². The second kappa shape index (κ2) is 6.30. The Bertz CT molecular complexity index is 931. The SMILES string of the molecule is CN(Cn1nc(-c2cccnc2)n(C2CC2)c1=S)C1CCS(=O)(=O)C1. The number of hydrogen-bond acceptors (Lipinski definition) is 6. The van der Waals surface area contributed by atoms with Crippen molar-refractivity contribution in [3.63, 3.8) is 0 Å². The summed E-state index contributed by atoms with van der Waals surface area (Å²) in [5.41, 5.74) is 0.949. The molecule has 1 unspecified atom stereocenters. The first-order chi connectivity index (χ1) is 11.9. The Morgan fingerprint density at radius 2 is 2.16 bits per heavy atom. The number of nitrogens with zero attached hydrogens (tertiary/aromatic N) is 5. The highest BCUT2D eigenvalue weighted by Gasteiger charge is 2.32. The fourth-order valence-corrected chi connectivity index (χ4v) is 5.46. The summed E-state index contributed by atoms with van der Waals surface area (Å²) in [5, 5.41) is 4.73. The second-order valence-electron chi connectivity index (χ2n) is 6.90. The second-order valence-corrected chi connectivity index (χ2v) is 9.50. The van der Waals surface area contributed by atoms with E-state index in [9.17, 15) is 8.42 Å². The highest BCUT2D eigenvalue weighted by Crippen LogP contribution is 2.38. The maximum atomic E-state index is 11.7. The van der Waals surface area contributed by atoms with Crippen molar-refractivity contribution >= 4 is 22.1 Å². The van der Waals surface area contributed by atoms with Crippen LogP contribution in [-0.2, 0) is 16.5 Å². The first kappa shape index (κ1) is 16.9. The van der Waals surface area contributed by atoms with Gasteiger partial charge in [-0.2, -0.15) is 5.10 Å². The lowest BCUT2D eigenvalue weighted by Crippen LogP contribution is -2.34. The van der Waals surface area contributed by atoms with Crippen LogP contribution in [0.1, 0.15) is 25.3 Å². The molecule has 0 amide bonds. The van der Waals surface area contributed by atoms with Crippen LogP contribution in [0.5, 0.6) is 0 Å². The third-order valence-electron chi connectivity index (χ3n) is 4.89. The summed E-state index contributed by atoms with van der Waals surface area (Å²) < 4.78 is 28.1. The van der Waals surface area contributed by atoms with E-state index in [1.807, 2.05) is 24.1 Å². The predicted octanol–water partition coefficient (Wildman–Crippen LogP) is 1.89. The molecule has 0 N–H and O–H groups in total. The van der Waals surface area contributed by atoms with Gasteiger partial charge in [0.25, 0.3) is 0 Å². The third-order valence-corrected chi connectivity index (χ3v) is 7.05. The normalized spacial score (nSPS) is 22.6. The monoisotopic (exact) mass is 379 g/mol. The van der Waals surface area contributed by atoms with Crippen molar-refractivity contribution in [1.29, 1.82) is 0 Å². The summed E-state index contributed by atoms with van der Waals surface area (Å²) in [7, 11) is -0.965. The van der Waals surface area contributed by atoms with Crippen LogP contribution < -0.4 is 0 Å². The summed E-state index contributed by atoms with van der Waals surface area (Å²) in [6, 6.07) is 4.32. The molecule has 4 rings (SSSR count). The Labute approximate surface area is 152 Å². The molecule has 25 heavy (non-hydrogen) atoms. The highest BCUT2D eigenvalue weighted by molar-refractivity contribution is 7.91. The van der Waals surface area contributed by atoms with Crippen LogP contribution in [0.25, 0.3) is 11.4 Å². The molecule has 9 heteroatoms. The van der Waals surface area contributed by atoms with Crippen LogP contribution in [-0.4, -0.2) is 57.2 Å². The molecule has 0 aromatic carbocycles. The topological polar surface area (TPSA) is 73.0 Å². The lowest BCUT2D eigenvalue weighted by atomic mass is 10.2. The van der Waals surface area contributed by atoms with E-state index in [0.717, 1.165) is 24.2 Å². The molecule has 1 saturated carbocycles. The minimum Gasteiger partial charge on any atom is -0.297 e. The molecule has 1 aliphatic carbocycles. The molecule has 1 atom stereocenters. The molecule has 0 spiro atoms. The van der Waals surface area contributed by atoms with Crippen molar-refractivity contribution in [1.82, 2.24) is 24.2 Å². The van der Waals surface area contributed by atoms with Gasteiger partial charge in [0.15, 0.2) is 20.4 Å². The molecule has 1 aliphatic heterocycles.